The van der Waals surface area contributed by atoms with Gasteiger partial charge in [-0.3, -0.25) is 14.3 Å². The first kappa shape index (κ1) is 23.2. The monoisotopic (exact) mass is 465 g/mol. The van der Waals surface area contributed by atoms with Crippen LogP contribution in [0.5, 0.6) is 5.75 Å². The zero-order valence-corrected chi connectivity index (χ0v) is 19.2. The summed E-state index contributed by atoms with van der Waals surface area (Å²) in [6.07, 6.45) is 11.6. The Morgan fingerprint density at radius 1 is 1.15 bits per heavy atom. The zero-order valence-electron chi connectivity index (χ0n) is 19.2. The molecular weight excluding hydrogens is 434 g/mol. The minimum Gasteiger partial charge on any atom is -0.494 e. The van der Waals surface area contributed by atoms with Crippen LogP contribution in [0, 0.1) is 5.92 Å². The maximum atomic E-state index is 12.0. The summed E-state index contributed by atoms with van der Waals surface area (Å²) >= 11 is 0. The summed E-state index contributed by atoms with van der Waals surface area (Å²) in [4.78, 5) is 23.9. The van der Waals surface area contributed by atoms with Gasteiger partial charge in [0.25, 0.3) is 5.91 Å². The van der Waals surface area contributed by atoms with Gasteiger partial charge >= 0.3 is 0 Å². The fourth-order valence-electron chi connectivity index (χ4n) is 4.17. The summed E-state index contributed by atoms with van der Waals surface area (Å²) in [6, 6.07) is 5.99. The molecule has 0 radical (unpaired) electrons. The number of anilines is 1. The molecule has 0 unspecified atom stereocenters. The van der Waals surface area contributed by atoms with Crippen LogP contribution in [0.3, 0.4) is 0 Å². The molecule has 2 amide bonds. The first-order chi connectivity index (χ1) is 16.4. The van der Waals surface area contributed by atoms with Crippen LogP contribution in [-0.4, -0.2) is 28.7 Å². The molecule has 2 aromatic rings. The Balaban J connectivity index is 1.63. The number of hydrogen-bond donors (Lipinski definition) is 5. The second-order valence-corrected chi connectivity index (χ2v) is 8.71. The van der Waals surface area contributed by atoms with E-state index in [0.29, 0.717) is 17.5 Å². The Kier molecular flexibility index (Phi) is 6.76. The predicted octanol–water partition coefficient (Wildman–Crippen LogP) is 2.07. The number of nitrogens with zero attached hydrogens (tertiary/aromatic N) is 2. The molecular formula is C24H31N7O3. The zero-order chi connectivity index (χ0) is 24.2. The van der Waals surface area contributed by atoms with E-state index in [2.05, 4.69) is 15.7 Å². The molecule has 0 bridgehead atoms. The summed E-state index contributed by atoms with van der Waals surface area (Å²) < 4.78 is 7.73. The van der Waals surface area contributed by atoms with Crippen molar-refractivity contribution >= 4 is 17.5 Å². The molecule has 2 aliphatic rings. The van der Waals surface area contributed by atoms with Gasteiger partial charge in [-0.1, -0.05) is 25.0 Å². The van der Waals surface area contributed by atoms with Crippen LogP contribution in [0.25, 0.3) is 11.1 Å². The number of nitrogens with two attached hydrogens (primary N) is 3. The van der Waals surface area contributed by atoms with Gasteiger partial charge in [0.2, 0.25) is 5.91 Å². The van der Waals surface area contributed by atoms with Crippen molar-refractivity contribution in [3.8, 4) is 16.9 Å². The number of amides is 2. The Labute approximate surface area is 198 Å². The maximum absolute atomic E-state index is 12.0. The Bertz CT molecular complexity index is 1140. The fourth-order valence-corrected chi connectivity index (χ4v) is 4.17. The van der Waals surface area contributed by atoms with Crippen molar-refractivity contribution in [3.63, 3.8) is 0 Å². The number of ether oxygens (including phenoxy) is 1. The number of carbonyl (C=O) groups is 2. The van der Waals surface area contributed by atoms with E-state index in [-0.39, 0.29) is 29.0 Å². The summed E-state index contributed by atoms with van der Waals surface area (Å²) in [5, 5.41) is 10.3. The molecule has 1 aromatic carbocycles. The Hall–Kier alpha value is -3.95. The summed E-state index contributed by atoms with van der Waals surface area (Å²) in [7, 11) is 1.56. The Morgan fingerprint density at radius 3 is 2.53 bits per heavy atom. The molecule has 0 atom stereocenters. The lowest BCUT2D eigenvalue weighted by Gasteiger charge is -2.17. The van der Waals surface area contributed by atoms with E-state index >= 15 is 0 Å². The molecule has 180 valence electrons. The molecule has 4 rings (SSSR count). The van der Waals surface area contributed by atoms with Crippen LogP contribution >= 0.6 is 0 Å². The van der Waals surface area contributed by atoms with E-state index < -0.39 is 5.91 Å². The highest BCUT2D eigenvalue weighted by Gasteiger charge is 2.29. The van der Waals surface area contributed by atoms with Crippen molar-refractivity contribution in [3.05, 3.63) is 53.9 Å². The average molecular weight is 466 g/mol. The standard InChI is InChI=1S/C24H31N7O3/c1-34-22-17(15-12-28-31(13-15)16-5-2-3-6-16)7-4-8-18(22)29-19(21(26)23(27)32)11-20(25)30-24(33)14-9-10-14/h4,7-8,11-14,16,29H,2-3,5-6,9-10,25-26H2,1H3,(H2,27,32)(H,30,33)/b20-11+,21-19+. The summed E-state index contributed by atoms with van der Waals surface area (Å²) in [5.41, 5.74) is 19.6. The molecule has 2 saturated carbocycles. The highest BCUT2D eigenvalue weighted by molar-refractivity contribution is 5.93. The number of primary amides is 1. The van der Waals surface area contributed by atoms with E-state index in [1.807, 2.05) is 29.2 Å². The van der Waals surface area contributed by atoms with Gasteiger partial charge in [0.15, 0.2) is 0 Å². The molecule has 2 fully saturated rings. The number of para-hydroxylation sites is 1. The van der Waals surface area contributed by atoms with Crippen LogP contribution in [0.4, 0.5) is 5.69 Å². The van der Waals surface area contributed by atoms with Gasteiger partial charge in [-0.15, -0.1) is 0 Å². The molecule has 34 heavy (non-hydrogen) atoms. The van der Waals surface area contributed by atoms with Gasteiger partial charge in [-0.25, -0.2) is 0 Å². The SMILES string of the molecule is COc1c(NC(/C=C(\N)NC(=O)C2CC2)=C(/N)C(N)=O)cccc1-c1cnn(C2CCCC2)c1. The number of allylic oxidation sites excluding steroid dienone is 1. The lowest BCUT2D eigenvalue weighted by molar-refractivity contribution is -0.121. The minimum absolute atomic E-state index is 0.0252. The van der Waals surface area contributed by atoms with Gasteiger partial charge in [0.1, 0.15) is 17.3 Å². The quantitative estimate of drug-likeness (QED) is 0.279. The van der Waals surface area contributed by atoms with Gasteiger partial charge in [-0.05, 0) is 31.7 Å². The van der Waals surface area contributed by atoms with E-state index in [1.54, 1.807) is 13.2 Å². The average Bonchev–Trinajstić information content (AvgIpc) is 3.30. The molecule has 2 aliphatic carbocycles. The molecule has 0 spiro atoms. The smallest absolute Gasteiger partial charge is 0.266 e. The van der Waals surface area contributed by atoms with E-state index in [9.17, 15) is 9.59 Å². The van der Waals surface area contributed by atoms with Crippen molar-refractivity contribution < 1.29 is 14.3 Å². The molecule has 1 heterocycles. The lowest BCUT2D eigenvalue weighted by atomic mass is 10.1. The van der Waals surface area contributed by atoms with Gasteiger partial charge in [0.05, 0.1) is 30.7 Å². The number of carbonyl (C=O) groups excluding carboxylic acids is 2. The number of benzene rings is 1. The highest BCUT2D eigenvalue weighted by atomic mass is 16.5. The third kappa shape index (κ3) is 5.16. The fraction of sp³-hybridized carbons (Fsp3) is 0.375. The van der Waals surface area contributed by atoms with Gasteiger partial charge < -0.3 is 32.6 Å². The molecule has 1 aromatic heterocycles. The van der Waals surface area contributed by atoms with Crippen LogP contribution in [0.15, 0.2) is 53.9 Å². The molecule has 10 heteroatoms. The number of hydrogen-bond acceptors (Lipinski definition) is 7. The number of rotatable bonds is 9. The van der Waals surface area contributed by atoms with Gasteiger partial charge in [0, 0.05) is 29.3 Å². The van der Waals surface area contributed by atoms with Crippen LogP contribution < -0.4 is 32.6 Å². The van der Waals surface area contributed by atoms with Crippen LogP contribution in [-0.2, 0) is 9.59 Å². The van der Waals surface area contributed by atoms with Crippen molar-refractivity contribution in [1.82, 2.24) is 15.1 Å². The van der Waals surface area contributed by atoms with Crippen molar-refractivity contribution in [1.29, 1.82) is 0 Å². The van der Waals surface area contributed by atoms with Crippen LogP contribution in [0.2, 0.25) is 0 Å². The van der Waals surface area contributed by atoms with Gasteiger partial charge in [-0.2, -0.15) is 5.10 Å². The van der Waals surface area contributed by atoms with Crippen molar-refractivity contribution in [2.75, 3.05) is 12.4 Å². The van der Waals surface area contributed by atoms with E-state index in [0.717, 1.165) is 36.8 Å². The summed E-state index contributed by atoms with van der Waals surface area (Å²) in [6.45, 7) is 0. The second kappa shape index (κ2) is 9.90. The molecule has 10 nitrogen and oxygen atoms in total. The first-order valence-electron chi connectivity index (χ1n) is 11.4. The number of methoxy groups -OCH3 is 1. The number of aromatic nitrogens is 2. The molecule has 0 aliphatic heterocycles. The van der Waals surface area contributed by atoms with Crippen LogP contribution in [0.1, 0.15) is 44.6 Å². The molecule has 0 saturated heterocycles. The maximum Gasteiger partial charge on any atom is 0.266 e. The third-order valence-corrected chi connectivity index (χ3v) is 6.17. The summed E-state index contributed by atoms with van der Waals surface area (Å²) in [5.74, 6) is -0.422. The van der Waals surface area contributed by atoms with Crippen molar-refractivity contribution in [2.24, 2.45) is 23.1 Å². The third-order valence-electron chi connectivity index (χ3n) is 6.17. The minimum atomic E-state index is -0.826. The van der Waals surface area contributed by atoms with Crippen molar-refractivity contribution in [2.45, 2.75) is 44.6 Å². The predicted molar refractivity (Wildman–Crippen MR) is 129 cm³/mol. The molecule has 8 N–H and O–H groups in total. The number of nitrogens with one attached hydrogen (secondary N) is 2. The second-order valence-electron chi connectivity index (χ2n) is 8.71. The first-order valence-corrected chi connectivity index (χ1v) is 11.4. The lowest BCUT2D eigenvalue weighted by Crippen LogP contribution is -2.30. The topological polar surface area (TPSA) is 163 Å². The Morgan fingerprint density at radius 2 is 1.88 bits per heavy atom. The van der Waals surface area contributed by atoms with E-state index in [1.165, 1.54) is 18.9 Å². The highest BCUT2D eigenvalue weighted by Crippen LogP contribution is 2.38. The van der Waals surface area contributed by atoms with E-state index in [4.69, 9.17) is 21.9 Å². The largest absolute Gasteiger partial charge is 0.494 e. The normalized spacial score (nSPS) is 17.3.